The Hall–Kier alpha value is -0.0469. The summed E-state index contributed by atoms with van der Waals surface area (Å²) in [6.07, 6.45) is 0. The van der Waals surface area contributed by atoms with E-state index < -0.39 is 0 Å². The summed E-state index contributed by atoms with van der Waals surface area (Å²) in [5.41, 5.74) is 0. The molecule has 4 rings (SSSR count). The van der Waals surface area contributed by atoms with Gasteiger partial charge in [-0.2, -0.15) is 30.0 Å². The molecule has 0 radical (unpaired) electrons. The van der Waals surface area contributed by atoms with Crippen LogP contribution in [-0.2, 0) is 26.2 Å². The quantitative estimate of drug-likeness (QED) is 0.358. The minimum absolute atomic E-state index is 0. The molecule has 5 heteroatoms. The number of hydrogen-bond acceptors (Lipinski definition) is 1. The van der Waals surface area contributed by atoms with E-state index in [2.05, 4.69) is 82.7 Å². The molecule has 0 unspecified atom stereocenters. The maximum atomic E-state index is 3.67. The van der Waals surface area contributed by atoms with Crippen LogP contribution in [0.1, 0.15) is 0 Å². The first-order valence-electron chi connectivity index (χ1n) is 6.49. The van der Waals surface area contributed by atoms with E-state index in [1.807, 2.05) is 11.8 Å². The fraction of sp³-hybridized carbons (Fsp3) is 0. The molecule has 0 bridgehead atoms. The van der Waals surface area contributed by atoms with Crippen molar-refractivity contribution in [1.29, 1.82) is 0 Å². The molecule has 0 aliphatic rings. The van der Waals surface area contributed by atoms with Gasteiger partial charge in [-0.1, -0.05) is 27.6 Å². The second-order valence-electron chi connectivity index (χ2n) is 4.79. The van der Waals surface area contributed by atoms with Crippen molar-refractivity contribution in [2.45, 2.75) is 9.79 Å². The third kappa shape index (κ3) is 3.96. The second kappa shape index (κ2) is 8.88. The Balaban J connectivity index is 0.000000882. The zero-order valence-electron chi connectivity index (χ0n) is 11.9. The largest absolute Gasteiger partial charge is 4.00 e. The Morgan fingerprint density at radius 2 is 1.74 bits per heavy atom. The fourth-order valence-electron chi connectivity index (χ4n) is 2.61. The van der Waals surface area contributed by atoms with Crippen LogP contribution in [0.3, 0.4) is 0 Å². The average Bonchev–Trinajstić information content (AvgIpc) is 3.07. The smallest absolute Gasteiger partial charge is 1.00 e. The third-order valence-electron chi connectivity index (χ3n) is 3.56. The molecule has 4 aromatic rings. The molecular weight excluding hydrogens is 490 g/mol. The molecular formula is C18H11BrCl2SZr. The Labute approximate surface area is 179 Å². The van der Waals surface area contributed by atoms with Crippen LogP contribution in [0.2, 0.25) is 0 Å². The van der Waals surface area contributed by atoms with Crippen molar-refractivity contribution in [2.75, 3.05) is 0 Å². The molecule has 23 heavy (non-hydrogen) atoms. The van der Waals surface area contributed by atoms with E-state index in [-0.39, 0.29) is 51.0 Å². The molecule has 0 saturated carbocycles. The zero-order chi connectivity index (χ0) is 13.5. The standard InChI is InChI=1S/C18H11BrS.2ClH.Zr/c19-15-8-2-6-13-10-11-17(18(13)15)20-16-9-3-5-12-4-1-7-14(12)16;;;/h1-11H;2*1H;/q-2;;;+4/p-2. The van der Waals surface area contributed by atoms with Crippen molar-refractivity contribution >= 4 is 49.2 Å². The molecule has 0 fully saturated rings. The van der Waals surface area contributed by atoms with Crippen molar-refractivity contribution in [3.05, 3.63) is 71.2 Å². The number of benzene rings is 2. The molecule has 0 heterocycles. The first kappa shape index (κ1) is 21.0. The van der Waals surface area contributed by atoms with E-state index in [9.17, 15) is 0 Å². The third-order valence-corrected chi connectivity index (χ3v) is 5.36. The number of rotatable bonds is 2. The van der Waals surface area contributed by atoms with Gasteiger partial charge in [-0.3, -0.25) is 0 Å². The summed E-state index contributed by atoms with van der Waals surface area (Å²) in [5, 5.41) is 5.24. The monoisotopic (exact) mass is 498 g/mol. The molecule has 4 aromatic carbocycles. The predicted octanol–water partition coefficient (Wildman–Crippen LogP) is 0.350. The van der Waals surface area contributed by atoms with Crippen molar-refractivity contribution in [2.24, 2.45) is 0 Å². The van der Waals surface area contributed by atoms with Crippen LogP contribution < -0.4 is 24.8 Å². The van der Waals surface area contributed by atoms with Gasteiger partial charge < -0.3 is 24.8 Å². The summed E-state index contributed by atoms with van der Waals surface area (Å²) >= 11 is 5.51. The molecule has 0 spiro atoms. The van der Waals surface area contributed by atoms with Gasteiger partial charge in [0.2, 0.25) is 0 Å². The molecule has 0 saturated heterocycles. The van der Waals surface area contributed by atoms with Crippen molar-refractivity contribution < 1.29 is 51.0 Å². The van der Waals surface area contributed by atoms with Crippen LogP contribution in [-0.4, -0.2) is 0 Å². The van der Waals surface area contributed by atoms with E-state index in [0.29, 0.717) is 0 Å². The van der Waals surface area contributed by atoms with Crippen molar-refractivity contribution in [3.8, 4) is 0 Å². The molecule has 0 atom stereocenters. The van der Waals surface area contributed by atoms with Gasteiger partial charge in [-0.25, -0.2) is 0 Å². The summed E-state index contributed by atoms with van der Waals surface area (Å²) in [4.78, 5) is 2.62. The van der Waals surface area contributed by atoms with Crippen LogP contribution >= 0.6 is 27.7 Å². The van der Waals surface area contributed by atoms with Crippen LogP contribution in [0, 0.1) is 0 Å². The minimum Gasteiger partial charge on any atom is -1.00 e. The van der Waals surface area contributed by atoms with Crippen molar-refractivity contribution in [1.82, 2.24) is 0 Å². The maximum Gasteiger partial charge on any atom is 4.00 e. The van der Waals surface area contributed by atoms with Gasteiger partial charge in [-0.05, 0) is 4.90 Å². The number of halogens is 3. The summed E-state index contributed by atoms with van der Waals surface area (Å²) in [5.74, 6) is 0. The maximum absolute atomic E-state index is 3.67. The molecule has 114 valence electrons. The van der Waals surface area contributed by atoms with Crippen LogP contribution in [0.4, 0.5) is 0 Å². The van der Waals surface area contributed by atoms with Gasteiger partial charge in [0.25, 0.3) is 0 Å². The van der Waals surface area contributed by atoms with E-state index in [0.717, 1.165) is 4.47 Å². The predicted molar refractivity (Wildman–Crippen MR) is 90.9 cm³/mol. The first-order chi connectivity index (χ1) is 9.83. The van der Waals surface area contributed by atoms with Gasteiger partial charge in [0, 0.05) is 0 Å². The van der Waals surface area contributed by atoms with Gasteiger partial charge in [0.15, 0.2) is 0 Å². The summed E-state index contributed by atoms with van der Waals surface area (Å²) in [7, 11) is 0. The summed E-state index contributed by atoms with van der Waals surface area (Å²) in [6.45, 7) is 0. The Morgan fingerprint density at radius 1 is 0.957 bits per heavy atom. The normalized spacial score (nSPS) is 9.96. The average molecular weight is 501 g/mol. The van der Waals surface area contributed by atoms with E-state index in [1.165, 1.54) is 31.3 Å². The van der Waals surface area contributed by atoms with Crippen molar-refractivity contribution in [3.63, 3.8) is 0 Å². The SMILES string of the molecule is Brc1cccc2cc[c-](Sc3cccc4[cH-]ccc34)c12.[Cl-].[Cl-].[Zr+4]. The molecule has 0 aliphatic carbocycles. The zero-order valence-corrected chi connectivity index (χ0v) is 18.3. The Kier molecular flexibility index (Phi) is 8.10. The van der Waals surface area contributed by atoms with Crippen LogP contribution in [0.5, 0.6) is 0 Å². The Bertz CT molecular complexity index is 914. The van der Waals surface area contributed by atoms with E-state index in [1.54, 1.807) is 0 Å². The molecule has 0 aromatic heterocycles. The topological polar surface area (TPSA) is 0 Å². The van der Waals surface area contributed by atoms with Gasteiger partial charge in [-0.15, -0.1) is 67.8 Å². The summed E-state index contributed by atoms with van der Waals surface area (Å²) in [6, 6.07) is 23.7. The fourth-order valence-corrected chi connectivity index (χ4v) is 4.49. The van der Waals surface area contributed by atoms with Crippen LogP contribution in [0.25, 0.3) is 21.5 Å². The van der Waals surface area contributed by atoms with Gasteiger partial charge in [0.1, 0.15) is 0 Å². The summed E-state index contributed by atoms with van der Waals surface area (Å²) < 4.78 is 1.16. The van der Waals surface area contributed by atoms with Gasteiger partial charge in [0.05, 0.1) is 0 Å². The van der Waals surface area contributed by atoms with Gasteiger partial charge >= 0.3 is 26.2 Å². The molecule has 0 aliphatic heterocycles. The molecule has 0 N–H and O–H groups in total. The Morgan fingerprint density at radius 3 is 2.57 bits per heavy atom. The van der Waals surface area contributed by atoms with E-state index in [4.69, 9.17) is 0 Å². The second-order valence-corrected chi connectivity index (χ2v) is 6.73. The van der Waals surface area contributed by atoms with Crippen LogP contribution in [0.15, 0.2) is 81.0 Å². The minimum atomic E-state index is 0. The number of fused-ring (bicyclic) bond motifs is 2. The molecule has 0 nitrogen and oxygen atoms in total. The number of hydrogen-bond donors (Lipinski definition) is 0. The van der Waals surface area contributed by atoms with E-state index >= 15 is 0 Å². The first-order valence-corrected chi connectivity index (χ1v) is 8.10. The molecule has 0 amide bonds.